The summed E-state index contributed by atoms with van der Waals surface area (Å²) < 4.78 is 4.99. The number of benzene rings is 1. The summed E-state index contributed by atoms with van der Waals surface area (Å²) in [4.78, 5) is 0. The van der Waals surface area contributed by atoms with Gasteiger partial charge >= 0.3 is 58.0 Å². The second-order valence-electron chi connectivity index (χ2n) is 1.57. The Morgan fingerprint density at radius 1 is 1.33 bits per heavy atom. The Hall–Kier alpha value is -0.661. The van der Waals surface area contributed by atoms with Crippen molar-refractivity contribution in [3.8, 4) is 0 Å². The molecule has 0 aliphatic rings. The van der Waals surface area contributed by atoms with Gasteiger partial charge in [-0.05, 0) is 0 Å². The van der Waals surface area contributed by atoms with Gasteiger partial charge in [-0.2, -0.15) is 0 Å². The van der Waals surface area contributed by atoms with Gasteiger partial charge < -0.3 is 0 Å². The van der Waals surface area contributed by atoms with Gasteiger partial charge in [-0.25, -0.2) is 0 Å². The molecule has 2 rings (SSSR count). The van der Waals surface area contributed by atoms with Crippen molar-refractivity contribution in [3.05, 3.63) is 24.3 Å². The van der Waals surface area contributed by atoms with Crippen molar-refractivity contribution in [1.82, 2.24) is 9.19 Å². The molecule has 1 aromatic heterocycles. The molecular formula is C6H2N2Se. The molecule has 1 aromatic carbocycles. The van der Waals surface area contributed by atoms with E-state index in [1.807, 2.05) is 6.07 Å². The first-order chi connectivity index (χ1) is 4.47. The Kier molecular flexibility index (Phi) is 1.11. The van der Waals surface area contributed by atoms with Gasteiger partial charge in [0, 0.05) is 0 Å². The second-order valence-corrected chi connectivity index (χ2v) is 3.15. The standard InChI is InChI=1S/C6H2N2Se/c1-2-4-6-5(3-1)7-8-9-6/h1-2H. The van der Waals surface area contributed by atoms with E-state index in [1.165, 1.54) is 0 Å². The molecule has 0 atom stereocenters. The van der Waals surface area contributed by atoms with Crippen molar-refractivity contribution >= 4 is 24.5 Å². The molecule has 2 radical (unpaired) electrons. The zero-order chi connectivity index (χ0) is 6.10. The predicted octanol–water partition coefficient (Wildman–Crippen LogP) is 0.287. The van der Waals surface area contributed by atoms with E-state index in [-0.39, 0.29) is 14.7 Å². The Bertz CT molecular complexity index is 285. The van der Waals surface area contributed by atoms with Crippen LogP contribution in [0.4, 0.5) is 0 Å². The van der Waals surface area contributed by atoms with E-state index in [9.17, 15) is 0 Å². The molecule has 0 aliphatic heterocycles. The van der Waals surface area contributed by atoms with Gasteiger partial charge in [0.25, 0.3) is 0 Å². The molecule has 0 spiro atoms. The summed E-state index contributed by atoms with van der Waals surface area (Å²) >= 11 is 0.174. The first-order valence-electron chi connectivity index (χ1n) is 2.47. The minimum absolute atomic E-state index is 0.174. The third-order valence-electron chi connectivity index (χ3n) is 1.01. The number of rotatable bonds is 0. The molecule has 0 saturated heterocycles. The fraction of sp³-hybridized carbons (Fsp3) is 0. The molecule has 0 saturated carbocycles. The van der Waals surface area contributed by atoms with Gasteiger partial charge in [-0.15, -0.1) is 0 Å². The van der Waals surface area contributed by atoms with Crippen molar-refractivity contribution in [2.75, 3.05) is 0 Å². The van der Waals surface area contributed by atoms with Gasteiger partial charge in [0.2, 0.25) is 0 Å². The van der Waals surface area contributed by atoms with Crippen LogP contribution in [0.1, 0.15) is 0 Å². The summed E-state index contributed by atoms with van der Waals surface area (Å²) in [5.41, 5.74) is 0.873. The topological polar surface area (TPSA) is 25.8 Å². The second kappa shape index (κ2) is 1.94. The van der Waals surface area contributed by atoms with Gasteiger partial charge in [-0.3, -0.25) is 0 Å². The van der Waals surface area contributed by atoms with E-state index < -0.39 is 0 Å². The number of hydrogen-bond acceptors (Lipinski definition) is 2. The molecule has 1 heterocycles. The maximum absolute atomic E-state index is 3.88. The van der Waals surface area contributed by atoms with E-state index in [2.05, 4.69) is 21.3 Å². The number of nitrogens with zero attached hydrogens (tertiary/aromatic N) is 2. The van der Waals surface area contributed by atoms with Crippen molar-refractivity contribution in [1.29, 1.82) is 0 Å². The van der Waals surface area contributed by atoms with E-state index >= 15 is 0 Å². The molecule has 0 amide bonds. The third kappa shape index (κ3) is 0.784. The van der Waals surface area contributed by atoms with E-state index in [0.29, 0.717) is 0 Å². The molecule has 0 unspecified atom stereocenters. The van der Waals surface area contributed by atoms with E-state index in [0.717, 1.165) is 9.78 Å². The van der Waals surface area contributed by atoms with Gasteiger partial charge in [0.1, 0.15) is 0 Å². The summed E-state index contributed by atoms with van der Waals surface area (Å²) in [6.45, 7) is 0. The van der Waals surface area contributed by atoms with Crippen LogP contribution in [0.5, 0.6) is 0 Å². The predicted molar refractivity (Wildman–Crippen MR) is 34.2 cm³/mol. The van der Waals surface area contributed by atoms with Crippen LogP contribution in [-0.2, 0) is 0 Å². The van der Waals surface area contributed by atoms with Crippen LogP contribution >= 0.6 is 0 Å². The van der Waals surface area contributed by atoms with Gasteiger partial charge in [0.15, 0.2) is 0 Å². The van der Waals surface area contributed by atoms with Crippen molar-refractivity contribution < 1.29 is 0 Å². The first kappa shape index (κ1) is 5.15. The van der Waals surface area contributed by atoms with Gasteiger partial charge in [-0.1, -0.05) is 0 Å². The summed E-state index contributed by atoms with van der Waals surface area (Å²) in [6, 6.07) is 9.68. The molecule has 0 bridgehead atoms. The monoisotopic (exact) mass is 182 g/mol. The molecular weight excluding hydrogens is 179 g/mol. The van der Waals surface area contributed by atoms with Crippen LogP contribution in [0.2, 0.25) is 0 Å². The Balaban J connectivity index is 2.95. The van der Waals surface area contributed by atoms with E-state index in [1.54, 1.807) is 6.07 Å². The summed E-state index contributed by atoms with van der Waals surface area (Å²) in [7, 11) is 0. The third-order valence-corrected chi connectivity index (χ3v) is 2.38. The maximum atomic E-state index is 3.88. The molecule has 9 heavy (non-hydrogen) atoms. The van der Waals surface area contributed by atoms with Crippen LogP contribution in [-0.4, -0.2) is 23.9 Å². The minimum atomic E-state index is 0.174. The molecule has 42 valence electrons. The number of hydrogen-bond donors (Lipinski definition) is 0. The average molecular weight is 181 g/mol. The Morgan fingerprint density at radius 2 is 2.22 bits per heavy atom. The summed E-state index contributed by atoms with van der Waals surface area (Å²) in [6.07, 6.45) is 0. The summed E-state index contributed by atoms with van der Waals surface area (Å²) in [5, 5.41) is 3.87. The van der Waals surface area contributed by atoms with Crippen LogP contribution in [0, 0.1) is 12.1 Å². The Labute approximate surface area is 58.5 Å². The van der Waals surface area contributed by atoms with E-state index in [4.69, 9.17) is 0 Å². The van der Waals surface area contributed by atoms with Crippen LogP contribution in [0.15, 0.2) is 12.1 Å². The molecule has 2 aromatic rings. The zero-order valence-corrected chi connectivity index (χ0v) is 6.17. The molecule has 0 N–H and O–H groups in total. The first-order valence-corrected chi connectivity index (χ1v) is 4.09. The summed E-state index contributed by atoms with van der Waals surface area (Å²) in [5.74, 6) is 0. The van der Waals surface area contributed by atoms with Crippen molar-refractivity contribution in [2.45, 2.75) is 0 Å². The quantitative estimate of drug-likeness (QED) is 0.546. The number of aromatic nitrogens is 2. The van der Waals surface area contributed by atoms with Gasteiger partial charge in [0.05, 0.1) is 0 Å². The molecule has 3 heteroatoms. The number of fused-ring (bicyclic) bond motifs is 1. The molecule has 0 aliphatic carbocycles. The average Bonchev–Trinajstić information content (AvgIpc) is 2.33. The molecule has 0 fully saturated rings. The zero-order valence-electron chi connectivity index (χ0n) is 4.46. The van der Waals surface area contributed by atoms with Crippen LogP contribution in [0.3, 0.4) is 0 Å². The van der Waals surface area contributed by atoms with Crippen molar-refractivity contribution in [2.24, 2.45) is 0 Å². The molecule has 2 nitrogen and oxygen atoms in total. The fourth-order valence-corrected chi connectivity index (χ4v) is 1.69. The fourth-order valence-electron chi connectivity index (χ4n) is 0.618. The van der Waals surface area contributed by atoms with Crippen LogP contribution < -0.4 is 0 Å². The van der Waals surface area contributed by atoms with Crippen LogP contribution in [0.25, 0.3) is 9.78 Å². The van der Waals surface area contributed by atoms with Crippen molar-refractivity contribution in [3.63, 3.8) is 0 Å². The SMILES string of the molecule is [c]1cc[c]c2[se]nnc12. The Morgan fingerprint density at radius 3 is 3.11 bits per heavy atom. The normalized spacial score (nSPS) is 10.2.